The quantitative estimate of drug-likeness (QED) is 0.881. The van der Waals surface area contributed by atoms with E-state index in [4.69, 9.17) is 0 Å². The molecule has 1 saturated heterocycles. The van der Waals surface area contributed by atoms with Crippen LogP contribution in [0.2, 0.25) is 0 Å². The summed E-state index contributed by atoms with van der Waals surface area (Å²) in [6, 6.07) is 4.84. The lowest BCUT2D eigenvalue weighted by atomic mass is 9.99. The molecule has 0 radical (unpaired) electrons. The Hall–Kier alpha value is -1.20. The van der Waals surface area contributed by atoms with Crippen LogP contribution in [0.3, 0.4) is 0 Å². The van der Waals surface area contributed by atoms with E-state index in [2.05, 4.69) is 5.32 Å². The van der Waals surface area contributed by atoms with Crippen LogP contribution in [-0.2, 0) is 0 Å². The highest BCUT2D eigenvalue weighted by Crippen LogP contribution is 2.33. The number of halogens is 2. The molecule has 0 spiro atoms. The molecule has 0 bridgehead atoms. The smallest absolute Gasteiger partial charge is 0.240 e. The van der Waals surface area contributed by atoms with Gasteiger partial charge in [0.15, 0.2) is 0 Å². The lowest BCUT2D eigenvalue weighted by Gasteiger charge is -2.35. The van der Waals surface area contributed by atoms with Crippen molar-refractivity contribution in [1.82, 2.24) is 10.2 Å². The molecule has 106 valence electrons. The number of phenolic OH excluding ortho intramolecular Hbond substituents is 1. The van der Waals surface area contributed by atoms with Crippen molar-refractivity contribution in [3.63, 3.8) is 0 Å². The maximum absolute atomic E-state index is 12.8. The van der Waals surface area contributed by atoms with Gasteiger partial charge in [-0.15, -0.1) is 0 Å². The number of phenols is 1. The van der Waals surface area contributed by atoms with Crippen LogP contribution >= 0.6 is 0 Å². The highest BCUT2D eigenvalue weighted by Gasteiger charge is 2.27. The minimum atomic E-state index is -2.37. The van der Waals surface area contributed by atoms with Crippen LogP contribution < -0.4 is 5.32 Å². The van der Waals surface area contributed by atoms with Gasteiger partial charge in [-0.25, -0.2) is 8.78 Å². The molecule has 1 aliphatic rings. The number of piperazine rings is 1. The van der Waals surface area contributed by atoms with E-state index in [1.807, 2.05) is 17.9 Å². The largest absolute Gasteiger partial charge is 0.508 e. The Morgan fingerprint density at radius 3 is 2.58 bits per heavy atom. The Balaban J connectivity index is 2.25. The summed E-state index contributed by atoms with van der Waals surface area (Å²) >= 11 is 0. The monoisotopic (exact) mass is 270 g/mol. The summed E-state index contributed by atoms with van der Waals surface area (Å²) in [6.07, 6.45) is -2.61. The number of aryl methyl sites for hydroxylation is 1. The van der Waals surface area contributed by atoms with Crippen LogP contribution in [0.25, 0.3) is 0 Å². The molecule has 0 saturated carbocycles. The number of benzene rings is 1. The first-order valence-corrected chi connectivity index (χ1v) is 6.60. The van der Waals surface area contributed by atoms with Crippen molar-refractivity contribution in [2.75, 3.05) is 26.2 Å². The number of nitrogens with one attached hydrogen (secondary N) is 1. The van der Waals surface area contributed by atoms with E-state index in [9.17, 15) is 13.9 Å². The van der Waals surface area contributed by atoms with Crippen molar-refractivity contribution in [1.29, 1.82) is 0 Å². The van der Waals surface area contributed by atoms with Crippen LogP contribution in [0.5, 0.6) is 5.75 Å². The summed E-state index contributed by atoms with van der Waals surface area (Å²) in [7, 11) is 0. The third-order valence-electron chi connectivity index (χ3n) is 3.54. The fraction of sp³-hybridized carbons (Fsp3) is 0.571. The van der Waals surface area contributed by atoms with Gasteiger partial charge in [0.1, 0.15) is 5.75 Å². The Kier molecular flexibility index (Phi) is 4.71. The average molecular weight is 270 g/mol. The first kappa shape index (κ1) is 14.2. The predicted molar refractivity (Wildman–Crippen MR) is 70.6 cm³/mol. The standard InChI is InChI=1S/C14H20F2N2O/c1-10-2-3-11(13(19)8-10)12(9-14(15)16)18-6-4-17-5-7-18/h2-3,8,12,14,17,19H,4-7,9H2,1H3/t12-/m1/s1. The van der Waals surface area contributed by atoms with E-state index in [0.717, 1.165) is 31.7 Å². The Bertz CT molecular complexity index is 420. The summed E-state index contributed by atoms with van der Waals surface area (Å²) in [5.41, 5.74) is 1.53. The molecule has 0 unspecified atom stereocenters. The first-order chi connectivity index (χ1) is 9.08. The van der Waals surface area contributed by atoms with Gasteiger partial charge in [-0.05, 0) is 18.6 Å². The molecule has 1 aliphatic heterocycles. The van der Waals surface area contributed by atoms with Crippen molar-refractivity contribution >= 4 is 0 Å². The van der Waals surface area contributed by atoms with Crippen molar-refractivity contribution < 1.29 is 13.9 Å². The van der Waals surface area contributed by atoms with Gasteiger partial charge in [-0.2, -0.15) is 0 Å². The van der Waals surface area contributed by atoms with Crippen molar-refractivity contribution in [3.05, 3.63) is 29.3 Å². The maximum Gasteiger partial charge on any atom is 0.240 e. The lowest BCUT2D eigenvalue weighted by molar-refractivity contribution is 0.0730. The van der Waals surface area contributed by atoms with Gasteiger partial charge in [-0.3, -0.25) is 4.90 Å². The highest BCUT2D eigenvalue weighted by molar-refractivity contribution is 5.38. The number of alkyl halides is 2. The second kappa shape index (κ2) is 6.30. The summed E-state index contributed by atoms with van der Waals surface area (Å²) in [4.78, 5) is 2.02. The van der Waals surface area contributed by atoms with E-state index >= 15 is 0 Å². The van der Waals surface area contributed by atoms with Crippen LogP contribution in [0.4, 0.5) is 8.78 Å². The summed E-state index contributed by atoms with van der Waals surface area (Å²) in [5, 5.41) is 13.2. The molecule has 1 fully saturated rings. The highest BCUT2D eigenvalue weighted by atomic mass is 19.3. The molecule has 3 nitrogen and oxygen atoms in total. The SMILES string of the molecule is Cc1ccc([C@@H](CC(F)F)N2CCNCC2)c(O)c1. The Morgan fingerprint density at radius 1 is 1.32 bits per heavy atom. The van der Waals surface area contributed by atoms with Gasteiger partial charge >= 0.3 is 0 Å². The molecule has 2 N–H and O–H groups in total. The molecule has 19 heavy (non-hydrogen) atoms. The number of nitrogens with zero attached hydrogens (tertiary/aromatic N) is 1. The van der Waals surface area contributed by atoms with Gasteiger partial charge in [0.05, 0.1) is 0 Å². The molecule has 0 aromatic heterocycles. The molecule has 1 heterocycles. The van der Waals surface area contributed by atoms with Crippen LogP contribution in [0.1, 0.15) is 23.6 Å². The summed E-state index contributed by atoms with van der Waals surface area (Å²) < 4.78 is 25.6. The number of rotatable bonds is 4. The minimum absolute atomic E-state index is 0.115. The molecule has 1 atom stereocenters. The molecule has 0 amide bonds. The van der Waals surface area contributed by atoms with Crippen LogP contribution in [0, 0.1) is 6.92 Å². The maximum atomic E-state index is 12.8. The average Bonchev–Trinajstić information content (AvgIpc) is 2.37. The van der Waals surface area contributed by atoms with E-state index < -0.39 is 12.5 Å². The first-order valence-electron chi connectivity index (χ1n) is 6.60. The second-order valence-electron chi connectivity index (χ2n) is 4.99. The van der Waals surface area contributed by atoms with Gasteiger partial charge in [0, 0.05) is 44.2 Å². The van der Waals surface area contributed by atoms with E-state index in [1.54, 1.807) is 12.1 Å². The predicted octanol–water partition coefficient (Wildman–Crippen LogP) is 2.30. The molecular formula is C14H20F2N2O. The zero-order valence-electron chi connectivity index (χ0n) is 11.1. The van der Waals surface area contributed by atoms with E-state index in [0.29, 0.717) is 5.56 Å². The molecule has 1 aromatic carbocycles. The number of hydrogen-bond donors (Lipinski definition) is 2. The molecule has 5 heteroatoms. The van der Waals surface area contributed by atoms with E-state index in [1.165, 1.54) is 0 Å². The second-order valence-corrected chi connectivity index (χ2v) is 4.99. The van der Waals surface area contributed by atoms with Gasteiger partial charge in [-0.1, -0.05) is 12.1 Å². The lowest BCUT2D eigenvalue weighted by Crippen LogP contribution is -2.45. The van der Waals surface area contributed by atoms with Gasteiger partial charge < -0.3 is 10.4 Å². The third kappa shape index (κ3) is 3.64. The van der Waals surface area contributed by atoms with Gasteiger partial charge in [0.25, 0.3) is 0 Å². The van der Waals surface area contributed by atoms with Crippen molar-refractivity contribution in [2.24, 2.45) is 0 Å². The zero-order valence-corrected chi connectivity index (χ0v) is 11.1. The third-order valence-corrected chi connectivity index (χ3v) is 3.54. The van der Waals surface area contributed by atoms with Crippen LogP contribution in [0.15, 0.2) is 18.2 Å². The Labute approximate surface area is 112 Å². The summed E-state index contributed by atoms with van der Waals surface area (Å²) in [6.45, 7) is 4.92. The number of hydrogen-bond acceptors (Lipinski definition) is 3. The number of aromatic hydroxyl groups is 1. The fourth-order valence-corrected chi connectivity index (χ4v) is 2.57. The fourth-order valence-electron chi connectivity index (χ4n) is 2.57. The van der Waals surface area contributed by atoms with Gasteiger partial charge in [0.2, 0.25) is 6.43 Å². The van der Waals surface area contributed by atoms with Crippen molar-refractivity contribution in [2.45, 2.75) is 25.8 Å². The molecule has 2 rings (SSSR count). The Morgan fingerprint density at radius 2 is 2.00 bits per heavy atom. The zero-order chi connectivity index (χ0) is 13.8. The molecule has 1 aromatic rings. The normalized spacial score (nSPS) is 18.7. The minimum Gasteiger partial charge on any atom is -0.508 e. The van der Waals surface area contributed by atoms with Crippen LogP contribution in [-0.4, -0.2) is 42.6 Å². The van der Waals surface area contributed by atoms with E-state index in [-0.39, 0.29) is 12.2 Å². The molecular weight excluding hydrogens is 250 g/mol. The van der Waals surface area contributed by atoms with Crippen molar-refractivity contribution in [3.8, 4) is 5.75 Å². The molecule has 0 aliphatic carbocycles. The summed E-state index contributed by atoms with van der Waals surface area (Å²) in [5.74, 6) is 0.115. The topological polar surface area (TPSA) is 35.5 Å².